The number of hydrogen-bond acceptors (Lipinski definition) is 5. The van der Waals surface area contributed by atoms with Gasteiger partial charge in [-0.1, -0.05) is 18.2 Å². The normalized spacial score (nSPS) is 34.9. The first-order valence-corrected chi connectivity index (χ1v) is 8.62. The highest BCUT2D eigenvalue weighted by atomic mass is 31.2. The molecule has 5 nitrogen and oxygen atoms in total. The molecular weight excluding hydrogens is 250 g/mol. The standard InChI is InChI=1S/C9H14O5P2/c10-6-15(11)7-13-16(12,14-8-15)9-4-2-1-3-5-9/h1-5,10-12H,6-8H2/q+2. The molecule has 1 heterocycles. The Bertz CT molecular complexity index is 350. The molecule has 0 atom stereocenters. The molecule has 0 aliphatic carbocycles. The van der Waals surface area contributed by atoms with Crippen LogP contribution in [0.5, 0.6) is 0 Å². The Balaban J connectivity index is 2.13. The third-order valence-corrected chi connectivity index (χ3v) is 6.35. The number of rotatable bonds is 2. The first-order valence-electron chi connectivity index (χ1n) is 4.74. The lowest BCUT2D eigenvalue weighted by atomic mass is 10.4. The van der Waals surface area contributed by atoms with Crippen molar-refractivity contribution in [2.75, 3.05) is 19.0 Å². The van der Waals surface area contributed by atoms with Crippen LogP contribution >= 0.6 is 15.4 Å². The van der Waals surface area contributed by atoms with Crippen LogP contribution in [0.2, 0.25) is 0 Å². The summed E-state index contributed by atoms with van der Waals surface area (Å²) in [6.07, 6.45) is -0.396. The molecule has 1 fully saturated rings. The van der Waals surface area contributed by atoms with Crippen molar-refractivity contribution >= 4 is 20.7 Å². The van der Waals surface area contributed by atoms with E-state index in [1.165, 1.54) is 0 Å². The van der Waals surface area contributed by atoms with Crippen molar-refractivity contribution in [3.63, 3.8) is 0 Å². The number of aliphatic hydroxyl groups excluding tert-OH is 1. The first kappa shape index (κ1) is 12.3. The van der Waals surface area contributed by atoms with E-state index in [1.807, 2.05) is 6.07 Å². The molecule has 1 saturated heterocycles. The van der Waals surface area contributed by atoms with Crippen LogP contribution in [0.4, 0.5) is 0 Å². The van der Waals surface area contributed by atoms with Gasteiger partial charge in [0, 0.05) is 0 Å². The van der Waals surface area contributed by atoms with Crippen molar-refractivity contribution in [2.24, 2.45) is 0 Å². The van der Waals surface area contributed by atoms with Gasteiger partial charge in [0.2, 0.25) is 20.2 Å². The Morgan fingerprint density at radius 3 is 2.12 bits per heavy atom. The third kappa shape index (κ3) is 2.41. The zero-order chi connectivity index (χ0) is 11.6. The Labute approximate surface area is 94.6 Å². The monoisotopic (exact) mass is 264 g/mol. The molecule has 0 unspecified atom stereocenters. The van der Waals surface area contributed by atoms with E-state index in [0.29, 0.717) is 5.30 Å². The van der Waals surface area contributed by atoms with Gasteiger partial charge in [-0.15, -0.1) is 9.05 Å². The van der Waals surface area contributed by atoms with E-state index >= 15 is 0 Å². The fourth-order valence-electron chi connectivity index (χ4n) is 1.29. The quantitative estimate of drug-likeness (QED) is 0.692. The maximum absolute atomic E-state index is 10.2. The van der Waals surface area contributed by atoms with Gasteiger partial charge in [-0.3, -0.25) is 0 Å². The number of aliphatic hydroxyl groups is 1. The van der Waals surface area contributed by atoms with Gasteiger partial charge in [0.15, 0.2) is 11.7 Å². The fraction of sp³-hybridized carbons (Fsp3) is 0.333. The summed E-state index contributed by atoms with van der Waals surface area (Å²) in [5.41, 5.74) is 0. The van der Waals surface area contributed by atoms with Gasteiger partial charge in [-0.2, -0.15) is 4.89 Å². The van der Waals surface area contributed by atoms with E-state index in [1.54, 1.807) is 24.3 Å². The van der Waals surface area contributed by atoms with Crippen LogP contribution in [0.3, 0.4) is 0 Å². The van der Waals surface area contributed by atoms with Gasteiger partial charge in [0.05, 0.1) is 0 Å². The first-order chi connectivity index (χ1) is 7.58. The lowest BCUT2D eigenvalue weighted by Gasteiger charge is -2.25. The van der Waals surface area contributed by atoms with Gasteiger partial charge in [0.1, 0.15) is 0 Å². The van der Waals surface area contributed by atoms with E-state index in [-0.39, 0.29) is 19.0 Å². The minimum atomic E-state index is -3.05. The maximum Gasteiger partial charge on any atom is 0.453 e. The summed E-state index contributed by atoms with van der Waals surface area (Å²) in [7, 11) is -5.62. The van der Waals surface area contributed by atoms with Crippen LogP contribution < -0.4 is 5.30 Å². The number of hydrogen-bond donors (Lipinski definition) is 3. The molecule has 0 amide bonds. The predicted octanol–water partition coefficient (Wildman–Crippen LogP) is 0.903. The third-order valence-electron chi connectivity index (χ3n) is 2.29. The fourth-order valence-corrected chi connectivity index (χ4v) is 5.42. The van der Waals surface area contributed by atoms with Crippen molar-refractivity contribution in [1.29, 1.82) is 0 Å². The summed E-state index contributed by atoms with van der Waals surface area (Å²) in [5, 5.41) is 9.54. The molecule has 0 bridgehead atoms. The average Bonchev–Trinajstić information content (AvgIpc) is 2.35. The molecule has 0 spiro atoms. The molecule has 1 aromatic carbocycles. The lowest BCUT2D eigenvalue weighted by molar-refractivity contribution is 0.192. The van der Waals surface area contributed by atoms with Gasteiger partial charge < -0.3 is 5.11 Å². The molecule has 16 heavy (non-hydrogen) atoms. The van der Waals surface area contributed by atoms with Crippen molar-refractivity contribution in [1.82, 2.24) is 0 Å². The average molecular weight is 264 g/mol. The van der Waals surface area contributed by atoms with E-state index in [4.69, 9.17) is 14.2 Å². The Morgan fingerprint density at radius 1 is 1.06 bits per heavy atom. The van der Waals surface area contributed by atoms with Gasteiger partial charge >= 0.3 is 7.94 Å². The van der Waals surface area contributed by atoms with Crippen molar-refractivity contribution in [3.8, 4) is 0 Å². The van der Waals surface area contributed by atoms with Crippen LogP contribution in [-0.4, -0.2) is 33.9 Å². The minimum Gasteiger partial charge on any atom is -0.359 e. The SMILES string of the molecule is OC[P+]1(O)CO[P+](O)(c2ccccc2)OC1. The van der Waals surface area contributed by atoms with Crippen LogP contribution in [0, 0.1) is 0 Å². The second-order valence-corrected chi connectivity index (χ2v) is 8.67. The maximum atomic E-state index is 10.2. The Hall–Kier alpha value is -0.120. The molecule has 1 aliphatic heterocycles. The van der Waals surface area contributed by atoms with Crippen molar-refractivity contribution in [2.45, 2.75) is 0 Å². The van der Waals surface area contributed by atoms with E-state index in [9.17, 15) is 9.79 Å². The molecule has 0 radical (unpaired) electrons. The van der Waals surface area contributed by atoms with Crippen LogP contribution in [-0.2, 0) is 9.05 Å². The molecule has 3 N–H and O–H groups in total. The molecule has 7 heteroatoms. The lowest BCUT2D eigenvalue weighted by Crippen LogP contribution is -2.25. The van der Waals surface area contributed by atoms with Crippen LogP contribution in [0.1, 0.15) is 0 Å². The summed E-state index contributed by atoms with van der Waals surface area (Å²) in [5.74, 6) is 0. The molecule has 1 aromatic rings. The Kier molecular flexibility index (Phi) is 3.57. The summed E-state index contributed by atoms with van der Waals surface area (Å²) >= 11 is 0. The summed E-state index contributed by atoms with van der Waals surface area (Å²) in [6.45, 7) is 0. The molecular formula is C9H14O5P2+2. The highest BCUT2D eigenvalue weighted by molar-refractivity contribution is 7.74. The summed E-state index contributed by atoms with van der Waals surface area (Å²) in [6, 6.07) is 8.83. The predicted molar refractivity (Wildman–Crippen MR) is 63.3 cm³/mol. The molecule has 0 saturated carbocycles. The largest absolute Gasteiger partial charge is 0.453 e. The number of benzene rings is 1. The van der Waals surface area contributed by atoms with Gasteiger partial charge in [0.25, 0.3) is 0 Å². The van der Waals surface area contributed by atoms with Crippen molar-refractivity contribution < 1.29 is 23.9 Å². The topological polar surface area (TPSA) is 79.2 Å². The highest BCUT2D eigenvalue weighted by Crippen LogP contribution is 2.69. The smallest absolute Gasteiger partial charge is 0.359 e. The molecule has 0 aromatic heterocycles. The molecule has 88 valence electrons. The van der Waals surface area contributed by atoms with E-state index in [2.05, 4.69) is 0 Å². The summed E-state index contributed by atoms with van der Waals surface area (Å²) in [4.78, 5) is 19.9. The molecule has 1 aliphatic rings. The van der Waals surface area contributed by atoms with Crippen LogP contribution in [0.15, 0.2) is 30.3 Å². The van der Waals surface area contributed by atoms with E-state index < -0.39 is 15.4 Å². The van der Waals surface area contributed by atoms with Gasteiger partial charge in [-0.05, 0) is 12.1 Å². The van der Waals surface area contributed by atoms with Gasteiger partial charge in [-0.25, -0.2) is 4.89 Å². The zero-order valence-electron chi connectivity index (χ0n) is 8.56. The second kappa shape index (κ2) is 4.63. The van der Waals surface area contributed by atoms with Crippen molar-refractivity contribution in [3.05, 3.63) is 30.3 Å². The second-order valence-electron chi connectivity index (χ2n) is 3.61. The van der Waals surface area contributed by atoms with Crippen LogP contribution in [0.25, 0.3) is 0 Å². The minimum absolute atomic E-state index is 0.0251. The zero-order valence-corrected chi connectivity index (χ0v) is 10.3. The Morgan fingerprint density at radius 2 is 1.62 bits per heavy atom. The van der Waals surface area contributed by atoms with E-state index in [0.717, 1.165) is 0 Å². The molecule has 2 rings (SSSR count). The summed E-state index contributed by atoms with van der Waals surface area (Å²) < 4.78 is 10.5. The highest BCUT2D eigenvalue weighted by Gasteiger charge is 2.57.